The first-order valence-corrected chi connectivity index (χ1v) is 11.5. The topological polar surface area (TPSA) is 12.2 Å². The van der Waals surface area contributed by atoms with Crippen LogP contribution in [0.15, 0.2) is 117 Å². The second-order valence-electron chi connectivity index (χ2n) is 7.45. The summed E-state index contributed by atoms with van der Waals surface area (Å²) in [5.74, 6) is 1.63. The molecule has 31 heavy (non-hydrogen) atoms. The number of benzene rings is 2. The Bertz CT molecular complexity index is 1180. The van der Waals surface area contributed by atoms with Gasteiger partial charge in [-0.25, -0.2) is 4.58 Å². The van der Waals surface area contributed by atoms with Crippen LogP contribution in [0.25, 0.3) is 11.3 Å². The largest absolute Gasteiger partial charge is 0.457 e. The standard InChI is InChI=1S/C27H22Br2NO/c1-30(2)25-14-3-19(4-15-25)5-16-26-17-22(20-6-10-23(28)11-7-20)18-27(31-26)21-8-12-24(29)13-9-21/h3-18H,1-2H3/q+1/b26-16+. The van der Waals surface area contributed by atoms with Gasteiger partial charge in [-0.3, -0.25) is 0 Å². The van der Waals surface area contributed by atoms with Crippen molar-refractivity contribution in [2.75, 3.05) is 14.1 Å². The molecule has 154 valence electrons. The molecule has 1 aliphatic heterocycles. The zero-order chi connectivity index (χ0) is 21.8. The minimum Gasteiger partial charge on any atom is -0.457 e. The second kappa shape index (κ2) is 9.63. The molecule has 2 aliphatic rings. The first-order valence-electron chi connectivity index (χ1n) is 9.93. The number of allylic oxidation sites excluding steroid dienone is 10. The van der Waals surface area contributed by atoms with Crippen molar-refractivity contribution in [2.45, 2.75) is 0 Å². The summed E-state index contributed by atoms with van der Waals surface area (Å²) in [6.45, 7) is 0. The third-order valence-corrected chi connectivity index (χ3v) is 6.03. The monoisotopic (exact) mass is 534 g/mol. The quantitative estimate of drug-likeness (QED) is 0.375. The molecule has 0 fully saturated rings. The van der Waals surface area contributed by atoms with E-state index in [2.05, 4.69) is 115 Å². The van der Waals surface area contributed by atoms with Gasteiger partial charge in [0.2, 0.25) is 0 Å². The molecule has 4 heteroatoms. The van der Waals surface area contributed by atoms with E-state index in [1.54, 1.807) is 0 Å². The molecule has 0 atom stereocenters. The molecule has 2 aromatic rings. The molecule has 0 unspecified atom stereocenters. The molecule has 0 amide bonds. The van der Waals surface area contributed by atoms with Crippen molar-refractivity contribution < 1.29 is 9.31 Å². The third-order valence-electron chi connectivity index (χ3n) is 4.97. The predicted octanol–water partition coefficient (Wildman–Crippen LogP) is 7.32. The number of rotatable bonds is 3. The fourth-order valence-corrected chi connectivity index (χ4v) is 3.76. The zero-order valence-electron chi connectivity index (χ0n) is 17.3. The molecular formula is C27H22Br2NO+. The highest BCUT2D eigenvalue weighted by Crippen LogP contribution is 2.32. The Labute approximate surface area is 200 Å². The summed E-state index contributed by atoms with van der Waals surface area (Å²) in [5.41, 5.74) is 5.59. The van der Waals surface area contributed by atoms with Crippen molar-refractivity contribution in [3.8, 4) is 0 Å². The van der Waals surface area contributed by atoms with Gasteiger partial charge in [0.25, 0.3) is 0 Å². The van der Waals surface area contributed by atoms with Gasteiger partial charge in [-0.2, -0.15) is 0 Å². The van der Waals surface area contributed by atoms with Gasteiger partial charge in [-0.15, -0.1) is 0 Å². The molecule has 0 saturated carbocycles. The smallest absolute Gasteiger partial charge is 0.199 e. The van der Waals surface area contributed by atoms with Crippen LogP contribution in [0.4, 0.5) is 0 Å². The first-order chi connectivity index (χ1) is 15.0. The van der Waals surface area contributed by atoms with Gasteiger partial charge in [-0.05, 0) is 71.4 Å². The van der Waals surface area contributed by atoms with Crippen molar-refractivity contribution in [1.29, 1.82) is 0 Å². The number of ether oxygens (including phenoxy) is 1. The zero-order valence-corrected chi connectivity index (χ0v) is 20.5. The fraction of sp³-hybridized carbons (Fsp3) is 0.0741. The second-order valence-corrected chi connectivity index (χ2v) is 9.28. The Kier molecular flexibility index (Phi) is 6.69. The molecule has 0 spiro atoms. The molecule has 0 aromatic heterocycles. The van der Waals surface area contributed by atoms with Crippen LogP contribution in [-0.2, 0) is 4.74 Å². The molecule has 0 radical (unpaired) electrons. The lowest BCUT2D eigenvalue weighted by Crippen LogP contribution is -2.09. The van der Waals surface area contributed by atoms with Crippen LogP contribution in [0.2, 0.25) is 0 Å². The van der Waals surface area contributed by atoms with Crippen LogP contribution in [-0.4, -0.2) is 24.4 Å². The minimum absolute atomic E-state index is 0.801. The Balaban J connectivity index is 1.69. The van der Waals surface area contributed by atoms with Crippen molar-refractivity contribution in [3.05, 3.63) is 129 Å². The first kappa shape index (κ1) is 21.5. The van der Waals surface area contributed by atoms with Crippen molar-refractivity contribution in [3.63, 3.8) is 0 Å². The van der Waals surface area contributed by atoms with E-state index in [4.69, 9.17) is 4.74 Å². The van der Waals surface area contributed by atoms with Gasteiger partial charge < -0.3 is 4.74 Å². The molecule has 2 aromatic carbocycles. The van der Waals surface area contributed by atoms with E-state index < -0.39 is 0 Å². The lowest BCUT2D eigenvalue weighted by atomic mass is 10.0. The van der Waals surface area contributed by atoms with E-state index in [1.807, 2.05) is 32.3 Å². The number of hydrogen-bond donors (Lipinski definition) is 0. The highest BCUT2D eigenvalue weighted by Gasteiger charge is 2.14. The maximum Gasteiger partial charge on any atom is 0.199 e. The molecule has 4 rings (SSSR count). The fourth-order valence-electron chi connectivity index (χ4n) is 3.23. The van der Waals surface area contributed by atoms with Crippen molar-refractivity contribution >= 4 is 48.9 Å². The maximum absolute atomic E-state index is 6.25. The molecule has 2 nitrogen and oxygen atoms in total. The molecule has 0 bridgehead atoms. The van der Waals surface area contributed by atoms with E-state index in [0.717, 1.165) is 42.7 Å². The molecular weight excluding hydrogens is 514 g/mol. The van der Waals surface area contributed by atoms with Crippen LogP contribution in [0.1, 0.15) is 11.1 Å². The molecule has 0 saturated heterocycles. The van der Waals surface area contributed by atoms with Crippen LogP contribution in [0, 0.1) is 0 Å². The lowest BCUT2D eigenvalue weighted by molar-refractivity contribution is -0.462. The van der Waals surface area contributed by atoms with Crippen molar-refractivity contribution in [2.24, 2.45) is 0 Å². The van der Waals surface area contributed by atoms with Crippen LogP contribution < -0.4 is 0 Å². The Morgan fingerprint density at radius 3 is 1.87 bits per heavy atom. The highest BCUT2D eigenvalue weighted by molar-refractivity contribution is 9.10. The Morgan fingerprint density at radius 1 is 0.710 bits per heavy atom. The molecule has 0 N–H and O–H groups in total. The van der Waals surface area contributed by atoms with E-state index >= 15 is 0 Å². The minimum atomic E-state index is 0.801. The van der Waals surface area contributed by atoms with Crippen molar-refractivity contribution in [1.82, 2.24) is 0 Å². The van der Waals surface area contributed by atoms with Gasteiger partial charge in [0, 0.05) is 26.7 Å². The average Bonchev–Trinajstić information content (AvgIpc) is 2.79. The van der Waals surface area contributed by atoms with Gasteiger partial charge in [0.1, 0.15) is 25.6 Å². The van der Waals surface area contributed by atoms with E-state index in [-0.39, 0.29) is 0 Å². The van der Waals surface area contributed by atoms with Gasteiger partial charge >= 0.3 is 0 Å². The predicted molar refractivity (Wildman–Crippen MR) is 137 cm³/mol. The number of nitrogens with zero attached hydrogens (tertiary/aromatic N) is 1. The van der Waals surface area contributed by atoms with E-state index in [0.29, 0.717) is 0 Å². The summed E-state index contributed by atoms with van der Waals surface area (Å²) in [4.78, 5) is 0. The van der Waals surface area contributed by atoms with Crippen LogP contribution in [0.5, 0.6) is 0 Å². The normalized spacial score (nSPS) is 16.7. The summed E-state index contributed by atoms with van der Waals surface area (Å²) < 4.78 is 10.5. The summed E-state index contributed by atoms with van der Waals surface area (Å²) in [5, 5.41) is 0. The highest BCUT2D eigenvalue weighted by atomic mass is 79.9. The summed E-state index contributed by atoms with van der Waals surface area (Å²) >= 11 is 7.02. The number of halogens is 2. The maximum atomic E-state index is 6.25. The summed E-state index contributed by atoms with van der Waals surface area (Å²) in [6, 6.07) is 16.5. The third kappa shape index (κ3) is 5.52. The Hall–Kier alpha value is -2.69. The van der Waals surface area contributed by atoms with Gasteiger partial charge in [0.05, 0.1) is 0 Å². The SMILES string of the molecule is C[N+](C)=C1C=CC(=C/C=C2\C=C(c3ccc(Br)cc3)C=C(c3ccc(Br)cc3)O2)C=C1. The van der Waals surface area contributed by atoms with Crippen LogP contribution >= 0.6 is 31.9 Å². The van der Waals surface area contributed by atoms with Crippen LogP contribution in [0.3, 0.4) is 0 Å². The van der Waals surface area contributed by atoms with Gasteiger partial charge in [0.15, 0.2) is 5.71 Å². The Morgan fingerprint density at radius 2 is 1.29 bits per heavy atom. The lowest BCUT2D eigenvalue weighted by Gasteiger charge is -2.18. The number of hydrogen-bond acceptors (Lipinski definition) is 1. The molecule has 1 aliphatic carbocycles. The van der Waals surface area contributed by atoms with Gasteiger partial charge in [-0.1, -0.05) is 62.2 Å². The molecule has 1 heterocycles. The average molecular weight is 536 g/mol. The summed E-state index contributed by atoms with van der Waals surface area (Å²) in [7, 11) is 4.09. The van der Waals surface area contributed by atoms with E-state index in [9.17, 15) is 0 Å². The van der Waals surface area contributed by atoms with E-state index in [1.165, 1.54) is 5.71 Å². The summed E-state index contributed by atoms with van der Waals surface area (Å²) in [6.07, 6.45) is 16.7.